The second-order valence-corrected chi connectivity index (χ2v) is 11.9. The molecule has 0 bridgehead atoms. The Morgan fingerprint density at radius 2 is 1.78 bits per heavy atom. The molecule has 2 aromatic carbocycles. The van der Waals surface area contributed by atoms with E-state index in [1.807, 2.05) is 24.3 Å². The minimum atomic E-state index is -0.851. The van der Waals surface area contributed by atoms with Crippen LogP contribution in [0.5, 0.6) is 5.75 Å². The number of amides is 3. The molecule has 0 radical (unpaired) electrons. The van der Waals surface area contributed by atoms with Gasteiger partial charge < -0.3 is 9.64 Å². The number of anilines is 1. The normalized spacial score (nSPS) is 17.4. The average molecular weight is 634 g/mol. The molecule has 0 N–H and O–H groups in total. The SMILES string of the molecule is COc1ccc(-c2ccc(C#N)c(SCC(=O)N(C3CCCCC3)C3CC(=O)N(c4ccc(Br)cc4)C3=O)n2)cc1. The van der Waals surface area contributed by atoms with E-state index >= 15 is 0 Å². The van der Waals surface area contributed by atoms with Crippen LogP contribution in [-0.2, 0) is 14.4 Å². The zero-order valence-corrected chi connectivity index (χ0v) is 25.0. The van der Waals surface area contributed by atoms with Crippen molar-refractivity contribution >= 4 is 51.1 Å². The highest BCUT2D eigenvalue weighted by atomic mass is 79.9. The van der Waals surface area contributed by atoms with Gasteiger partial charge in [-0.15, -0.1) is 0 Å². The number of imide groups is 1. The molecule has 10 heteroatoms. The number of methoxy groups -OCH3 is 1. The molecule has 1 saturated heterocycles. The first-order chi connectivity index (χ1) is 19.9. The van der Waals surface area contributed by atoms with Gasteiger partial charge in [0, 0.05) is 16.1 Å². The fraction of sp³-hybridized carbons (Fsp3) is 0.323. The lowest BCUT2D eigenvalue weighted by atomic mass is 9.92. The summed E-state index contributed by atoms with van der Waals surface area (Å²) < 4.78 is 6.08. The van der Waals surface area contributed by atoms with Gasteiger partial charge in [0.25, 0.3) is 5.91 Å². The summed E-state index contributed by atoms with van der Waals surface area (Å²) in [6.07, 6.45) is 4.57. The first-order valence-corrected chi connectivity index (χ1v) is 15.3. The molecule has 41 heavy (non-hydrogen) atoms. The van der Waals surface area contributed by atoms with Crippen molar-refractivity contribution in [1.82, 2.24) is 9.88 Å². The van der Waals surface area contributed by atoms with Gasteiger partial charge in [-0.1, -0.05) is 47.0 Å². The van der Waals surface area contributed by atoms with Crippen molar-refractivity contribution in [2.24, 2.45) is 0 Å². The molecular formula is C31H29BrN4O4S. The molecule has 2 fully saturated rings. The summed E-state index contributed by atoms with van der Waals surface area (Å²) in [5.74, 6) is -0.196. The Bertz CT molecular complexity index is 1480. The molecule has 5 rings (SSSR count). The lowest BCUT2D eigenvalue weighted by Crippen LogP contribution is -2.52. The predicted octanol–water partition coefficient (Wildman–Crippen LogP) is 5.98. The lowest BCUT2D eigenvalue weighted by Gasteiger charge is -2.37. The van der Waals surface area contributed by atoms with Crippen LogP contribution in [0.25, 0.3) is 11.3 Å². The van der Waals surface area contributed by atoms with Crippen molar-refractivity contribution in [3.05, 3.63) is 70.7 Å². The zero-order valence-electron chi connectivity index (χ0n) is 22.6. The molecule has 1 saturated carbocycles. The van der Waals surface area contributed by atoms with Crippen molar-refractivity contribution in [2.45, 2.75) is 55.6 Å². The third-order valence-electron chi connectivity index (χ3n) is 7.50. The molecule has 1 aliphatic carbocycles. The Hall–Kier alpha value is -3.68. The number of carbonyl (C=O) groups excluding carboxylic acids is 3. The van der Waals surface area contributed by atoms with E-state index in [0.717, 1.165) is 47.9 Å². The zero-order chi connectivity index (χ0) is 28.9. The fourth-order valence-electron chi connectivity index (χ4n) is 5.45. The number of thioether (sulfide) groups is 1. The van der Waals surface area contributed by atoms with Crippen LogP contribution in [0.15, 0.2) is 70.2 Å². The predicted molar refractivity (Wildman–Crippen MR) is 160 cm³/mol. The van der Waals surface area contributed by atoms with Crippen LogP contribution in [-0.4, -0.2) is 52.6 Å². The Morgan fingerprint density at radius 1 is 1.07 bits per heavy atom. The van der Waals surface area contributed by atoms with Gasteiger partial charge in [0.1, 0.15) is 22.9 Å². The van der Waals surface area contributed by atoms with Crippen LogP contribution in [0.3, 0.4) is 0 Å². The van der Waals surface area contributed by atoms with Gasteiger partial charge in [-0.05, 0) is 73.5 Å². The number of aromatic nitrogens is 1. The number of halogens is 1. The van der Waals surface area contributed by atoms with E-state index in [-0.39, 0.29) is 35.9 Å². The van der Waals surface area contributed by atoms with Gasteiger partial charge >= 0.3 is 0 Å². The van der Waals surface area contributed by atoms with Gasteiger partial charge in [0.05, 0.1) is 36.2 Å². The highest BCUT2D eigenvalue weighted by Crippen LogP contribution is 2.33. The van der Waals surface area contributed by atoms with E-state index in [1.54, 1.807) is 48.4 Å². The molecule has 2 heterocycles. The number of pyridine rings is 1. The van der Waals surface area contributed by atoms with E-state index in [1.165, 1.54) is 16.7 Å². The van der Waals surface area contributed by atoms with Crippen LogP contribution >= 0.6 is 27.7 Å². The molecule has 3 aromatic rings. The Labute approximate surface area is 251 Å². The number of benzene rings is 2. The van der Waals surface area contributed by atoms with E-state index in [4.69, 9.17) is 9.72 Å². The second kappa shape index (κ2) is 12.9. The molecular weight excluding hydrogens is 604 g/mol. The summed E-state index contributed by atoms with van der Waals surface area (Å²) in [6, 6.07) is 19.1. The summed E-state index contributed by atoms with van der Waals surface area (Å²) >= 11 is 4.57. The largest absolute Gasteiger partial charge is 0.497 e. The van der Waals surface area contributed by atoms with Crippen molar-refractivity contribution in [3.8, 4) is 23.1 Å². The number of nitrogens with zero attached hydrogens (tertiary/aromatic N) is 4. The van der Waals surface area contributed by atoms with Crippen LogP contribution < -0.4 is 9.64 Å². The van der Waals surface area contributed by atoms with Crippen LogP contribution in [0.2, 0.25) is 0 Å². The number of nitriles is 1. The van der Waals surface area contributed by atoms with Gasteiger partial charge in [-0.2, -0.15) is 5.26 Å². The molecule has 8 nitrogen and oxygen atoms in total. The number of rotatable bonds is 8. The molecule has 1 aliphatic heterocycles. The molecule has 1 unspecified atom stereocenters. The molecule has 3 amide bonds. The highest BCUT2D eigenvalue weighted by molar-refractivity contribution is 9.10. The quantitative estimate of drug-likeness (QED) is 0.222. The summed E-state index contributed by atoms with van der Waals surface area (Å²) in [7, 11) is 1.60. The monoisotopic (exact) mass is 632 g/mol. The minimum Gasteiger partial charge on any atom is -0.497 e. The third kappa shape index (κ3) is 6.31. The Balaban J connectivity index is 1.38. The molecule has 0 spiro atoms. The second-order valence-electron chi connectivity index (χ2n) is 10.0. The molecule has 1 atom stereocenters. The van der Waals surface area contributed by atoms with Crippen LogP contribution in [0, 0.1) is 11.3 Å². The van der Waals surface area contributed by atoms with Gasteiger partial charge in [-0.25, -0.2) is 9.88 Å². The first kappa shape index (κ1) is 28.8. The number of hydrogen-bond acceptors (Lipinski definition) is 7. The van der Waals surface area contributed by atoms with E-state index in [2.05, 4.69) is 22.0 Å². The van der Waals surface area contributed by atoms with E-state index < -0.39 is 6.04 Å². The maximum Gasteiger partial charge on any atom is 0.257 e. The van der Waals surface area contributed by atoms with Gasteiger partial charge in [0.2, 0.25) is 11.8 Å². The minimum absolute atomic E-state index is 0.000496. The maximum absolute atomic E-state index is 13.9. The van der Waals surface area contributed by atoms with Crippen molar-refractivity contribution in [3.63, 3.8) is 0 Å². The first-order valence-electron chi connectivity index (χ1n) is 13.5. The van der Waals surface area contributed by atoms with Crippen LogP contribution in [0.4, 0.5) is 5.69 Å². The van der Waals surface area contributed by atoms with Crippen LogP contribution in [0.1, 0.15) is 44.1 Å². The topological polar surface area (TPSA) is 104 Å². The Kier molecular flexibility index (Phi) is 9.06. The number of carbonyl (C=O) groups is 3. The number of ether oxygens (including phenoxy) is 1. The summed E-state index contributed by atoms with van der Waals surface area (Å²) in [5.41, 5.74) is 2.40. The van der Waals surface area contributed by atoms with Crippen molar-refractivity contribution in [1.29, 1.82) is 5.26 Å². The fourth-order valence-corrected chi connectivity index (χ4v) is 6.55. The smallest absolute Gasteiger partial charge is 0.257 e. The maximum atomic E-state index is 13.9. The molecule has 2 aliphatic rings. The average Bonchev–Trinajstić information content (AvgIpc) is 3.29. The third-order valence-corrected chi connectivity index (χ3v) is 9.00. The summed E-state index contributed by atoms with van der Waals surface area (Å²) in [5, 5.41) is 10.2. The van der Waals surface area contributed by atoms with E-state index in [0.29, 0.717) is 22.0 Å². The van der Waals surface area contributed by atoms with Gasteiger partial charge in [-0.3, -0.25) is 14.4 Å². The standard InChI is InChI=1S/C31H29BrN4O4S/c1-40-25-14-7-20(8-15-25)26-16-9-21(18-33)30(34-26)41-19-29(38)35(23-5-3-2-4-6-23)27-17-28(37)36(31(27)39)24-12-10-22(32)11-13-24/h7-16,23,27H,2-6,17,19H2,1H3. The summed E-state index contributed by atoms with van der Waals surface area (Å²) in [4.78, 5) is 48.1. The molecule has 210 valence electrons. The van der Waals surface area contributed by atoms with Crippen molar-refractivity contribution in [2.75, 3.05) is 17.8 Å². The Morgan fingerprint density at radius 3 is 2.44 bits per heavy atom. The van der Waals surface area contributed by atoms with E-state index in [9.17, 15) is 19.6 Å². The van der Waals surface area contributed by atoms with Crippen molar-refractivity contribution < 1.29 is 19.1 Å². The highest BCUT2D eigenvalue weighted by Gasteiger charge is 2.46. The lowest BCUT2D eigenvalue weighted by molar-refractivity contribution is -0.139. The number of hydrogen-bond donors (Lipinski definition) is 0. The molecule has 1 aromatic heterocycles. The summed E-state index contributed by atoms with van der Waals surface area (Å²) in [6.45, 7) is 0. The van der Waals surface area contributed by atoms with Gasteiger partial charge in [0.15, 0.2) is 0 Å².